The fourth-order valence-electron chi connectivity index (χ4n) is 4.23. The van der Waals surface area contributed by atoms with Crippen molar-refractivity contribution in [2.45, 2.75) is 19.4 Å². The molecule has 4 heterocycles. The smallest absolute Gasteiger partial charge is 0.238 e. The van der Waals surface area contributed by atoms with E-state index in [0.717, 1.165) is 58.5 Å². The Kier molecular flexibility index (Phi) is 4.95. The third-order valence-corrected chi connectivity index (χ3v) is 5.50. The molecule has 0 atom stereocenters. The molecule has 1 N–H and O–H groups in total. The van der Waals surface area contributed by atoms with Crippen molar-refractivity contribution >= 4 is 22.5 Å². The molecule has 4 aromatic rings. The SMILES string of the molecule is CN(C)CC(=O)Nc1ccc2c(-c3c(-c4ccccn4)nn4c3CCC4)ccnc2c1. The van der Waals surface area contributed by atoms with Crippen molar-refractivity contribution in [3.63, 3.8) is 0 Å². The summed E-state index contributed by atoms with van der Waals surface area (Å²) >= 11 is 0. The summed E-state index contributed by atoms with van der Waals surface area (Å²) in [5, 5.41) is 8.89. The van der Waals surface area contributed by atoms with Gasteiger partial charge in [0.15, 0.2) is 0 Å². The van der Waals surface area contributed by atoms with Crippen LogP contribution >= 0.6 is 0 Å². The number of nitrogens with one attached hydrogen (secondary N) is 1. The zero-order valence-corrected chi connectivity index (χ0v) is 17.7. The Morgan fingerprint density at radius 1 is 1.13 bits per heavy atom. The first kappa shape index (κ1) is 19.4. The molecule has 156 valence electrons. The van der Waals surface area contributed by atoms with Gasteiger partial charge in [-0.15, -0.1) is 0 Å². The van der Waals surface area contributed by atoms with E-state index >= 15 is 0 Å². The Hall–Kier alpha value is -3.58. The minimum absolute atomic E-state index is 0.0487. The highest BCUT2D eigenvalue weighted by Gasteiger charge is 2.25. The summed E-state index contributed by atoms with van der Waals surface area (Å²) in [6.07, 6.45) is 5.72. The van der Waals surface area contributed by atoms with Crippen LogP contribution in [0.5, 0.6) is 0 Å². The topological polar surface area (TPSA) is 75.9 Å². The number of aryl methyl sites for hydroxylation is 1. The Morgan fingerprint density at radius 2 is 2.03 bits per heavy atom. The maximum Gasteiger partial charge on any atom is 0.238 e. The molecule has 31 heavy (non-hydrogen) atoms. The fourth-order valence-corrected chi connectivity index (χ4v) is 4.23. The van der Waals surface area contributed by atoms with Crippen molar-refractivity contribution in [1.82, 2.24) is 24.6 Å². The van der Waals surface area contributed by atoms with E-state index in [1.165, 1.54) is 5.69 Å². The molecule has 3 aromatic heterocycles. The van der Waals surface area contributed by atoms with Crippen molar-refractivity contribution in [3.05, 3.63) is 60.6 Å². The minimum Gasteiger partial charge on any atom is -0.325 e. The van der Waals surface area contributed by atoms with Crippen LogP contribution in [0, 0.1) is 0 Å². The summed E-state index contributed by atoms with van der Waals surface area (Å²) in [6, 6.07) is 13.9. The van der Waals surface area contributed by atoms with E-state index in [4.69, 9.17) is 5.10 Å². The Balaban J connectivity index is 1.61. The van der Waals surface area contributed by atoms with Crippen molar-refractivity contribution in [3.8, 4) is 22.5 Å². The molecule has 0 saturated carbocycles. The Morgan fingerprint density at radius 3 is 2.84 bits per heavy atom. The lowest BCUT2D eigenvalue weighted by atomic mass is 9.96. The Bertz CT molecular complexity index is 1260. The van der Waals surface area contributed by atoms with Crippen molar-refractivity contribution in [2.75, 3.05) is 26.0 Å². The highest BCUT2D eigenvalue weighted by Crippen LogP contribution is 2.39. The molecule has 1 amide bonds. The third kappa shape index (κ3) is 3.68. The zero-order valence-electron chi connectivity index (χ0n) is 17.7. The average molecular weight is 412 g/mol. The summed E-state index contributed by atoms with van der Waals surface area (Å²) in [7, 11) is 3.74. The maximum absolute atomic E-state index is 12.2. The first-order chi connectivity index (χ1) is 15.1. The molecule has 1 aliphatic rings. The summed E-state index contributed by atoms with van der Waals surface area (Å²) in [6.45, 7) is 1.27. The summed E-state index contributed by atoms with van der Waals surface area (Å²) in [4.78, 5) is 23.1. The number of nitrogens with zero attached hydrogens (tertiary/aromatic N) is 5. The highest BCUT2D eigenvalue weighted by atomic mass is 16.2. The normalized spacial score (nSPS) is 13.0. The molecule has 0 radical (unpaired) electrons. The third-order valence-electron chi connectivity index (χ3n) is 5.50. The van der Waals surface area contributed by atoms with Crippen LogP contribution < -0.4 is 5.32 Å². The molecule has 7 nitrogen and oxygen atoms in total. The van der Waals surface area contributed by atoms with E-state index in [9.17, 15) is 4.79 Å². The van der Waals surface area contributed by atoms with Crippen LogP contribution in [-0.4, -0.2) is 51.2 Å². The Labute approximate surface area is 180 Å². The number of hydrogen-bond acceptors (Lipinski definition) is 5. The summed E-state index contributed by atoms with van der Waals surface area (Å²) in [5.41, 5.74) is 6.84. The number of carbonyl (C=O) groups excluding carboxylic acids is 1. The quantitative estimate of drug-likeness (QED) is 0.542. The first-order valence-corrected chi connectivity index (χ1v) is 10.4. The van der Waals surface area contributed by atoms with Crippen molar-refractivity contribution in [1.29, 1.82) is 0 Å². The highest BCUT2D eigenvalue weighted by molar-refractivity contribution is 6.01. The van der Waals surface area contributed by atoms with Crippen LogP contribution in [0.1, 0.15) is 12.1 Å². The number of fused-ring (bicyclic) bond motifs is 2. The fraction of sp³-hybridized carbons (Fsp3) is 0.250. The van der Waals surface area contributed by atoms with Gasteiger partial charge in [-0.05, 0) is 62.8 Å². The van der Waals surface area contributed by atoms with E-state index in [2.05, 4.69) is 26.0 Å². The van der Waals surface area contributed by atoms with Gasteiger partial charge in [0.2, 0.25) is 5.91 Å². The molecular weight excluding hydrogens is 388 g/mol. The summed E-state index contributed by atoms with van der Waals surface area (Å²) < 4.78 is 2.11. The molecule has 7 heteroatoms. The number of pyridine rings is 2. The molecule has 0 fully saturated rings. The maximum atomic E-state index is 12.2. The lowest BCUT2D eigenvalue weighted by Crippen LogP contribution is -2.27. The van der Waals surface area contributed by atoms with E-state index in [-0.39, 0.29) is 5.91 Å². The van der Waals surface area contributed by atoms with Gasteiger partial charge in [0.05, 0.1) is 17.8 Å². The van der Waals surface area contributed by atoms with Crippen LogP contribution in [0.25, 0.3) is 33.4 Å². The molecule has 1 aromatic carbocycles. The van der Waals surface area contributed by atoms with Gasteiger partial charge in [0.1, 0.15) is 5.69 Å². The van der Waals surface area contributed by atoms with Crippen LogP contribution in [0.4, 0.5) is 5.69 Å². The summed E-state index contributed by atoms with van der Waals surface area (Å²) in [5.74, 6) is -0.0487. The van der Waals surface area contributed by atoms with E-state index in [1.807, 2.05) is 61.6 Å². The number of aromatic nitrogens is 4. The first-order valence-electron chi connectivity index (χ1n) is 10.4. The van der Waals surface area contributed by atoms with Gasteiger partial charge in [-0.1, -0.05) is 12.1 Å². The van der Waals surface area contributed by atoms with Gasteiger partial charge in [0.25, 0.3) is 0 Å². The number of likely N-dealkylation sites (N-methyl/N-ethyl adjacent to an activating group) is 1. The standard InChI is InChI=1S/C24H24N6O/c1-29(2)15-22(31)27-16-8-9-17-18(10-12-26-20(17)14-16)23-21-7-5-13-30(21)28-24(23)19-6-3-4-11-25-19/h3-4,6,8-12,14H,5,7,13,15H2,1-2H3,(H,27,31). The predicted molar refractivity (Wildman–Crippen MR) is 122 cm³/mol. The molecule has 0 saturated heterocycles. The molecule has 5 rings (SSSR count). The van der Waals surface area contributed by atoms with Crippen LogP contribution in [0.15, 0.2) is 54.9 Å². The lowest BCUT2D eigenvalue weighted by Gasteiger charge is -2.12. The largest absolute Gasteiger partial charge is 0.325 e. The molecule has 1 aliphatic heterocycles. The van der Waals surface area contributed by atoms with Gasteiger partial charge >= 0.3 is 0 Å². The monoisotopic (exact) mass is 412 g/mol. The number of anilines is 1. The molecule has 0 bridgehead atoms. The molecule has 0 spiro atoms. The number of benzene rings is 1. The van der Waals surface area contributed by atoms with Crippen LogP contribution in [0.2, 0.25) is 0 Å². The van der Waals surface area contributed by atoms with Crippen LogP contribution in [-0.2, 0) is 17.8 Å². The van der Waals surface area contributed by atoms with Gasteiger partial charge < -0.3 is 10.2 Å². The lowest BCUT2D eigenvalue weighted by molar-refractivity contribution is -0.116. The van der Waals surface area contributed by atoms with E-state index in [0.29, 0.717) is 6.54 Å². The second kappa shape index (κ2) is 7.92. The zero-order chi connectivity index (χ0) is 21.4. The number of carbonyl (C=O) groups is 1. The molecular formula is C24H24N6O. The number of rotatable bonds is 5. The van der Waals surface area contributed by atoms with E-state index < -0.39 is 0 Å². The second-order valence-corrected chi connectivity index (χ2v) is 8.09. The molecule has 0 aliphatic carbocycles. The number of amides is 1. The second-order valence-electron chi connectivity index (χ2n) is 8.09. The van der Waals surface area contributed by atoms with Gasteiger partial charge in [-0.3, -0.25) is 19.4 Å². The van der Waals surface area contributed by atoms with E-state index in [1.54, 1.807) is 6.20 Å². The van der Waals surface area contributed by atoms with Crippen molar-refractivity contribution < 1.29 is 4.79 Å². The van der Waals surface area contributed by atoms with Gasteiger partial charge in [-0.2, -0.15) is 5.10 Å². The van der Waals surface area contributed by atoms with Gasteiger partial charge in [0, 0.05) is 41.3 Å². The molecule has 0 unspecified atom stereocenters. The predicted octanol–water partition coefficient (Wildman–Crippen LogP) is 3.61. The average Bonchev–Trinajstić information content (AvgIpc) is 3.34. The minimum atomic E-state index is -0.0487. The number of hydrogen-bond donors (Lipinski definition) is 1. The van der Waals surface area contributed by atoms with Crippen LogP contribution in [0.3, 0.4) is 0 Å². The van der Waals surface area contributed by atoms with Gasteiger partial charge in [-0.25, -0.2) is 0 Å². The van der Waals surface area contributed by atoms with Crippen molar-refractivity contribution in [2.24, 2.45) is 0 Å².